The number of aromatic nitrogens is 2. The van der Waals surface area contributed by atoms with Crippen LogP contribution in [0.25, 0.3) is 0 Å². The molecule has 0 aromatic carbocycles. The van der Waals surface area contributed by atoms with Crippen molar-refractivity contribution in [2.75, 3.05) is 6.54 Å². The monoisotopic (exact) mass is 289 g/mol. The average Bonchev–Trinajstić information content (AvgIpc) is 3.11. The van der Waals surface area contributed by atoms with Gasteiger partial charge in [-0.25, -0.2) is 0 Å². The number of carbonyl (C=O) groups is 1. The first kappa shape index (κ1) is 14.6. The number of hydrogen-bond donors (Lipinski definition) is 1. The first-order valence-corrected chi connectivity index (χ1v) is 8.32. The Labute approximate surface area is 127 Å². The van der Waals surface area contributed by atoms with Crippen LogP contribution < -0.4 is 5.32 Å². The number of amides is 1. The molecule has 0 unspecified atom stereocenters. The fraction of sp³-hybridized carbons (Fsp3) is 0.765. The van der Waals surface area contributed by atoms with E-state index in [-0.39, 0.29) is 11.9 Å². The Kier molecular flexibility index (Phi) is 4.05. The summed E-state index contributed by atoms with van der Waals surface area (Å²) in [5.74, 6) is 2.62. The molecule has 1 amide bonds. The van der Waals surface area contributed by atoms with Gasteiger partial charge in [0.25, 0.3) is 0 Å². The highest BCUT2D eigenvalue weighted by Gasteiger charge is 2.40. The minimum Gasteiger partial charge on any atom is -0.354 e. The van der Waals surface area contributed by atoms with Crippen LogP contribution in [0.4, 0.5) is 0 Å². The van der Waals surface area contributed by atoms with E-state index in [1.807, 2.05) is 11.6 Å². The first-order valence-electron chi connectivity index (χ1n) is 8.32. The van der Waals surface area contributed by atoms with Crippen molar-refractivity contribution in [2.45, 2.75) is 58.9 Å². The van der Waals surface area contributed by atoms with Gasteiger partial charge in [-0.1, -0.05) is 6.42 Å². The number of nitrogens with zero attached hydrogens (tertiary/aromatic N) is 2. The molecular formula is C17H27N3O. The van der Waals surface area contributed by atoms with E-state index >= 15 is 0 Å². The fourth-order valence-corrected chi connectivity index (χ4v) is 4.38. The summed E-state index contributed by atoms with van der Waals surface area (Å²) in [5, 5.41) is 7.59. The van der Waals surface area contributed by atoms with Crippen LogP contribution in [0.1, 0.15) is 56.5 Å². The molecule has 4 heteroatoms. The third-order valence-electron chi connectivity index (χ3n) is 5.39. The van der Waals surface area contributed by atoms with Crippen LogP contribution in [0.2, 0.25) is 0 Å². The molecule has 1 aromatic rings. The van der Waals surface area contributed by atoms with Crippen LogP contribution in [0, 0.1) is 31.6 Å². The second kappa shape index (κ2) is 5.82. The highest BCUT2D eigenvalue weighted by atomic mass is 16.1. The van der Waals surface area contributed by atoms with Crippen LogP contribution in [0.5, 0.6) is 0 Å². The van der Waals surface area contributed by atoms with Gasteiger partial charge in [0, 0.05) is 18.7 Å². The predicted octanol–water partition coefficient (Wildman–Crippen LogP) is 3.00. The van der Waals surface area contributed by atoms with Crippen LogP contribution in [0.3, 0.4) is 0 Å². The maximum Gasteiger partial charge on any atom is 0.220 e. The van der Waals surface area contributed by atoms with Crippen molar-refractivity contribution in [2.24, 2.45) is 17.8 Å². The molecular weight excluding hydrogens is 262 g/mol. The van der Waals surface area contributed by atoms with E-state index in [0.29, 0.717) is 12.5 Å². The highest BCUT2D eigenvalue weighted by molar-refractivity contribution is 5.76. The molecule has 2 saturated carbocycles. The van der Waals surface area contributed by atoms with Crippen molar-refractivity contribution in [3.8, 4) is 0 Å². The Morgan fingerprint density at radius 1 is 1.43 bits per heavy atom. The summed E-state index contributed by atoms with van der Waals surface area (Å²) >= 11 is 0. The van der Waals surface area contributed by atoms with Crippen molar-refractivity contribution in [1.29, 1.82) is 0 Å². The van der Waals surface area contributed by atoms with Gasteiger partial charge in [0.2, 0.25) is 5.91 Å². The van der Waals surface area contributed by atoms with Crippen molar-refractivity contribution in [3.05, 3.63) is 17.5 Å². The molecule has 1 N–H and O–H groups in total. The highest BCUT2D eigenvalue weighted by Crippen LogP contribution is 2.49. The largest absolute Gasteiger partial charge is 0.354 e. The van der Waals surface area contributed by atoms with Gasteiger partial charge in [-0.3, -0.25) is 9.48 Å². The maximum atomic E-state index is 12.2. The average molecular weight is 289 g/mol. The molecule has 2 aliphatic carbocycles. The number of aryl methyl sites for hydroxylation is 2. The van der Waals surface area contributed by atoms with Gasteiger partial charge < -0.3 is 5.32 Å². The van der Waals surface area contributed by atoms with Gasteiger partial charge in [-0.05, 0) is 63.9 Å². The molecule has 1 aromatic heterocycles. The molecule has 3 rings (SSSR count). The quantitative estimate of drug-likeness (QED) is 0.905. The summed E-state index contributed by atoms with van der Waals surface area (Å²) < 4.78 is 2.01. The number of rotatable bonds is 5. The lowest BCUT2D eigenvalue weighted by Crippen LogP contribution is -2.32. The number of hydrogen-bond acceptors (Lipinski definition) is 2. The molecule has 2 aliphatic rings. The van der Waals surface area contributed by atoms with E-state index in [9.17, 15) is 4.79 Å². The third kappa shape index (κ3) is 3.14. The second-order valence-electron chi connectivity index (χ2n) is 7.16. The minimum absolute atomic E-state index is 0.211. The lowest BCUT2D eigenvalue weighted by atomic mass is 9.86. The summed E-state index contributed by atoms with van der Waals surface area (Å²) in [7, 11) is 0. The molecule has 0 radical (unpaired) electrons. The zero-order valence-electron chi connectivity index (χ0n) is 13.4. The van der Waals surface area contributed by atoms with Gasteiger partial charge in [0.05, 0.1) is 11.7 Å². The molecule has 4 nitrogen and oxygen atoms in total. The second-order valence-corrected chi connectivity index (χ2v) is 7.16. The number of carbonyl (C=O) groups excluding carboxylic acids is 1. The molecule has 2 fully saturated rings. The summed E-state index contributed by atoms with van der Waals surface area (Å²) in [4.78, 5) is 12.2. The molecule has 2 bridgehead atoms. The van der Waals surface area contributed by atoms with Gasteiger partial charge in [0.15, 0.2) is 0 Å². The predicted molar refractivity (Wildman–Crippen MR) is 83.0 cm³/mol. The van der Waals surface area contributed by atoms with Crippen LogP contribution in [0.15, 0.2) is 6.07 Å². The van der Waals surface area contributed by atoms with Gasteiger partial charge >= 0.3 is 0 Å². The van der Waals surface area contributed by atoms with Crippen molar-refractivity contribution in [1.82, 2.24) is 15.1 Å². The van der Waals surface area contributed by atoms with Crippen LogP contribution >= 0.6 is 0 Å². The van der Waals surface area contributed by atoms with Crippen molar-refractivity contribution < 1.29 is 4.79 Å². The first-order chi connectivity index (χ1) is 10.0. The van der Waals surface area contributed by atoms with Gasteiger partial charge in [-0.15, -0.1) is 0 Å². The normalized spacial score (nSPS) is 28.8. The Bertz CT molecular complexity index is 522. The molecule has 0 spiro atoms. The third-order valence-corrected chi connectivity index (χ3v) is 5.39. The zero-order chi connectivity index (χ0) is 15.0. The van der Waals surface area contributed by atoms with E-state index in [1.54, 1.807) is 0 Å². The van der Waals surface area contributed by atoms with E-state index in [0.717, 1.165) is 29.6 Å². The topological polar surface area (TPSA) is 46.9 Å². The summed E-state index contributed by atoms with van der Waals surface area (Å²) in [6.45, 7) is 6.84. The Morgan fingerprint density at radius 2 is 2.24 bits per heavy atom. The van der Waals surface area contributed by atoms with E-state index in [1.165, 1.54) is 25.7 Å². The standard InChI is InChI=1S/C17H27N3O/c1-11-6-12(2)20(19-11)13(3)10-18-17(21)9-16-8-14-4-5-15(16)7-14/h6,13-16H,4-5,7-10H2,1-3H3,(H,18,21)/t13-,14-,15-,16-/m1/s1. The lowest BCUT2D eigenvalue weighted by Gasteiger charge is -2.21. The Balaban J connectivity index is 1.46. The SMILES string of the molecule is Cc1cc(C)n([C@H](C)CNC(=O)C[C@H]2C[C@@H]3CC[C@@H]2C3)n1. The Hall–Kier alpha value is -1.32. The zero-order valence-corrected chi connectivity index (χ0v) is 13.4. The smallest absolute Gasteiger partial charge is 0.220 e. The molecule has 21 heavy (non-hydrogen) atoms. The van der Waals surface area contributed by atoms with Crippen LogP contribution in [-0.2, 0) is 4.79 Å². The molecule has 0 aliphatic heterocycles. The molecule has 1 heterocycles. The lowest BCUT2D eigenvalue weighted by molar-refractivity contribution is -0.122. The van der Waals surface area contributed by atoms with E-state index in [2.05, 4.69) is 30.3 Å². The summed E-state index contributed by atoms with van der Waals surface area (Å²) in [5.41, 5.74) is 2.19. The van der Waals surface area contributed by atoms with Gasteiger partial charge in [0.1, 0.15) is 0 Å². The van der Waals surface area contributed by atoms with Crippen molar-refractivity contribution >= 4 is 5.91 Å². The summed E-state index contributed by atoms with van der Waals surface area (Å²) in [6, 6.07) is 2.29. The fourth-order valence-electron chi connectivity index (χ4n) is 4.38. The molecule has 116 valence electrons. The summed E-state index contributed by atoms with van der Waals surface area (Å²) in [6.07, 6.45) is 6.14. The van der Waals surface area contributed by atoms with E-state index < -0.39 is 0 Å². The van der Waals surface area contributed by atoms with E-state index in [4.69, 9.17) is 0 Å². The maximum absolute atomic E-state index is 12.2. The van der Waals surface area contributed by atoms with Gasteiger partial charge in [-0.2, -0.15) is 5.10 Å². The molecule has 4 atom stereocenters. The molecule has 0 saturated heterocycles. The minimum atomic E-state index is 0.211. The number of nitrogens with one attached hydrogen (secondary N) is 1. The van der Waals surface area contributed by atoms with Crippen LogP contribution in [-0.4, -0.2) is 22.2 Å². The number of fused-ring (bicyclic) bond motifs is 2. The van der Waals surface area contributed by atoms with Crippen molar-refractivity contribution in [3.63, 3.8) is 0 Å². The Morgan fingerprint density at radius 3 is 2.81 bits per heavy atom.